The molecule has 3 N–H and O–H groups in total. The van der Waals surface area contributed by atoms with Crippen molar-refractivity contribution >= 4 is 11.4 Å². The van der Waals surface area contributed by atoms with Gasteiger partial charge >= 0.3 is 6.18 Å². The number of halogens is 3. The molecular weight excluding hydrogens is 259 g/mol. The predicted octanol–water partition coefficient (Wildman–Crippen LogP) is 1.99. The van der Waals surface area contributed by atoms with Crippen LogP contribution < -0.4 is 11.1 Å². The van der Waals surface area contributed by atoms with E-state index in [1.807, 2.05) is 0 Å². The van der Waals surface area contributed by atoms with Gasteiger partial charge in [-0.05, 0) is 18.2 Å². The highest BCUT2D eigenvalue weighted by Gasteiger charge is 2.30. The molecule has 2 aromatic rings. The van der Waals surface area contributed by atoms with Gasteiger partial charge in [-0.25, -0.2) is 0 Å². The number of nitrogen functional groups attached to an aromatic ring is 1. The van der Waals surface area contributed by atoms with Crippen LogP contribution in [-0.4, -0.2) is 21.5 Å². The first-order chi connectivity index (χ1) is 8.97. The largest absolute Gasteiger partial charge is 0.416 e. The maximum atomic E-state index is 12.4. The van der Waals surface area contributed by atoms with Crippen LogP contribution in [0.4, 0.5) is 24.5 Å². The third-order valence-electron chi connectivity index (χ3n) is 2.51. The summed E-state index contributed by atoms with van der Waals surface area (Å²) in [7, 11) is 0. The van der Waals surface area contributed by atoms with Crippen molar-refractivity contribution in [3.8, 4) is 0 Å². The van der Waals surface area contributed by atoms with E-state index < -0.39 is 11.7 Å². The first-order valence-electron chi connectivity index (χ1n) is 5.51. The zero-order valence-electron chi connectivity index (χ0n) is 9.85. The summed E-state index contributed by atoms with van der Waals surface area (Å²) >= 11 is 0. The molecule has 1 aromatic carbocycles. The Morgan fingerprint density at radius 1 is 1.32 bits per heavy atom. The summed E-state index contributed by atoms with van der Waals surface area (Å²) in [5, 5.41) is 10.4. The minimum absolute atomic E-state index is 0.0633. The fourth-order valence-electron chi connectivity index (χ4n) is 1.56. The molecule has 0 aliphatic heterocycles. The molecule has 2 rings (SSSR count). The van der Waals surface area contributed by atoms with Gasteiger partial charge in [-0.2, -0.15) is 13.2 Å². The Hall–Kier alpha value is -2.25. The lowest BCUT2D eigenvalue weighted by Crippen LogP contribution is -2.13. The molecular formula is C11H12F3N5. The summed E-state index contributed by atoms with van der Waals surface area (Å²) in [5.74, 6) is 0. The number of hydrogen-bond acceptors (Lipinski definition) is 4. The van der Waals surface area contributed by atoms with Crippen LogP contribution in [0.2, 0.25) is 0 Å². The Morgan fingerprint density at radius 2 is 2.11 bits per heavy atom. The van der Waals surface area contributed by atoms with Crippen LogP contribution in [0.5, 0.6) is 0 Å². The standard InChI is InChI=1S/C11H12F3N5/c12-11(13,14)8-1-2-10(9(15)7-8)16-3-5-19-6-4-17-18-19/h1-2,4,6-7,16H,3,5,15H2. The quantitative estimate of drug-likeness (QED) is 0.834. The van der Waals surface area contributed by atoms with Gasteiger partial charge in [0.25, 0.3) is 0 Å². The van der Waals surface area contributed by atoms with Crippen LogP contribution in [0, 0.1) is 0 Å². The highest BCUT2D eigenvalue weighted by molar-refractivity contribution is 5.67. The Balaban J connectivity index is 1.97. The van der Waals surface area contributed by atoms with Crippen molar-refractivity contribution in [3.63, 3.8) is 0 Å². The van der Waals surface area contributed by atoms with Crippen LogP contribution in [0.15, 0.2) is 30.6 Å². The SMILES string of the molecule is Nc1cc(C(F)(F)F)ccc1NCCn1ccnn1. The van der Waals surface area contributed by atoms with Crippen molar-refractivity contribution in [2.75, 3.05) is 17.6 Å². The smallest absolute Gasteiger partial charge is 0.397 e. The van der Waals surface area contributed by atoms with E-state index in [9.17, 15) is 13.2 Å². The average molecular weight is 271 g/mol. The molecule has 0 aliphatic carbocycles. The zero-order valence-corrected chi connectivity index (χ0v) is 9.85. The summed E-state index contributed by atoms with van der Waals surface area (Å²) in [6, 6.07) is 3.23. The minimum Gasteiger partial charge on any atom is -0.397 e. The summed E-state index contributed by atoms with van der Waals surface area (Å²) in [5.41, 5.74) is 5.35. The van der Waals surface area contributed by atoms with Crippen molar-refractivity contribution in [1.82, 2.24) is 15.0 Å². The molecule has 19 heavy (non-hydrogen) atoms. The summed E-state index contributed by atoms with van der Waals surface area (Å²) in [6.45, 7) is 1.03. The molecule has 102 valence electrons. The Morgan fingerprint density at radius 3 is 2.68 bits per heavy atom. The van der Waals surface area contributed by atoms with Gasteiger partial charge in [-0.15, -0.1) is 5.10 Å². The number of benzene rings is 1. The number of alkyl halides is 3. The normalized spacial score (nSPS) is 11.5. The molecule has 0 amide bonds. The summed E-state index contributed by atoms with van der Waals surface area (Å²) < 4.78 is 38.9. The fraction of sp³-hybridized carbons (Fsp3) is 0.273. The maximum absolute atomic E-state index is 12.4. The van der Waals surface area contributed by atoms with Crippen LogP contribution in [0.1, 0.15) is 5.56 Å². The number of nitrogens with two attached hydrogens (primary N) is 1. The lowest BCUT2D eigenvalue weighted by atomic mass is 10.1. The lowest BCUT2D eigenvalue weighted by molar-refractivity contribution is -0.137. The average Bonchev–Trinajstić information content (AvgIpc) is 2.83. The van der Waals surface area contributed by atoms with Gasteiger partial charge in [0, 0.05) is 12.7 Å². The van der Waals surface area contributed by atoms with E-state index in [4.69, 9.17) is 5.73 Å². The van der Waals surface area contributed by atoms with Crippen molar-refractivity contribution in [2.45, 2.75) is 12.7 Å². The van der Waals surface area contributed by atoms with Gasteiger partial charge in [0.1, 0.15) is 0 Å². The minimum atomic E-state index is -4.38. The van der Waals surface area contributed by atoms with E-state index in [1.54, 1.807) is 17.1 Å². The second-order valence-corrected chi connectivity index (χ2v) is 3.89. The van der Waals surface area contributed by atoms with Crippen LogP contribution in [-0.2, 0) is 12.7 Å². The Labute approximate surface area is 107 Å². The Kier molecular flexibility index (Phi) is 3.59. The molecule has 0 saturated heterocycles. The second-order valence-electron chi connectivity index (χ2n) is 3.89. The van der Waals surface area contributed by atoms with E-state index in [0.717, 1.165) is 12.1 Å². The first-order valence-corrected chi connectivity index (χ1v) is 5.51. The van der Waals surface area contributed by atoms with E-state index in [0.29, 0.717) is 18.8 Å². The molecule has 0 radical (unpaired) electrons. The molecule has 0 bridgehead atoms. The molecule has 1 heterocycles. The van der Waals surface area contributed by atoms with Crippen molar-refractivity contribution in [2.24, 2.45) is 0 Å². The Bertz CT molecular complexity index is 536. The number of anilines is 2. The van der Waals surface area contributed by atoms with Gasteiger partial charge in [0.15, 0.2) is 0 Å². The van der Waals surface area contributed by atoms with Gasteiger partial charge < -0.3 is 11.1 Å². The molecule has 0 saturated carbocycles. The lowest BCUT2D eigenvalue weighted by Gasteiger charge is -2.12. The van der Waals surface area contributed by atoms with Gasteiger partial charge in [0.2, 0.25) is 0 Å². The van der Waals surface area contributed by atoms with Crippen LogP contribution in [0.25, 0.3) is 0 Å². The third kappa shape index (κ3) is 3.36. The number of aromatic nitrogens is 3. The maximum Gasteiger partial charge on any atom is 0.416 e. The van der Waals surface area contributed by atoms with E-state index >= 15 is 0 Å². The molecule has 0 aliphatic rings. The first kappa shape index (κ1) is 13.2. The third-order valence-corrected chi connectivity index (χ3v) is 2.51. The van der Waals surface area contributed by atoms with E-state index in [-0.39, 0.29) is 5.69 Å². The van der Waals surface area contributed by atoms with Gasteiger partial charge in [-0.3, -0.25) is 4.68 Å². The summed E-state index contributed by atoms with van der Waals surface area (Å²) in [6.07, 6.45) is -1.14. The fourth-order valence-corrected chi connectivity index (χ4v) is 1.56. The molecule has 0 fully saturated rings. The van der Waals surface area contributed by atoms with Crippen molar-refractivity contribution in [3.05, 3.63) is 36.2 Å². The highest BCUT2D eigenvalue weighted by Crippen LogP contribution is 2.32. The zero-order chi connectivity index (χ0) is 13.9. The molecule has 1 aromatic heterocycles. The predicted molar refractivity (Wildman–Crippen MR) is 64.4 cm³/mol. The van der Waals surface area contributed by atoms with Gasteiger partial charge in [0.05, 0.1) is 29.7 Å². The van der Waals surface area contributed by atoms with E-state index in [2.05, 4.69) is 15.6 Å². The number of nitrogens with one attached hydrogen (secondary N) is 1. The van der Waals surface area contributed by atoms with Gasteiger partial charge in [-0.1, -0.05) is 5.21 Å². The van der Waals surface area contributed by atoms with Crippen LogP contribution >= 0.6 is 0 Å². The highest BCUT2D eigenvalue weighted by atomic mass is 19.4. The van der Waals surface area contributed by atoms with Crippen molar-refractivity contribution in [1.29, 1.82) is 0 Å². The molecule has 5 nitrogen and oxygen atoms in total. The van der Waals surface area contributed by atoms with Crippen LogP contribution in [0.3, 0.4) is 0 Å². The second kappa shape index (κ2) is 5.17. The number of hydrogen-bond donors (Lipinski definition) is 2. The monoisotopic (exact) mass is 271 g/mol. The molecule has 0 atom stereocenters. The van der Waals surface area contributed by atoms with E-state index in [1.165, 1.54) is 6.07 Å². The van der Waals surface area contributed by atoms with Crippen molar-refractivity contribution < 1.29 is 13.2 Å². The molecule has 0 spiro atoms. The summed E-state index contributed by atoms with van der Waals surface area (Å²) in [4.78, 5) is 0. The topological polar surface area (TPSA) is 68.8 Å². The molecule has 0 unspecified atom stereocenters. The molecule has 8 heteroatoms. The number of rotatable bonds is 4. The number of nitrogens with zero attached hydrogens (tertiary/aromatic N) is 3.